The number of nitrogens with one attached hydrogen (secondary N) is 1. The Morgan fingerprint density at radius 3 is 3.06 bits per heavy atom. The standard InChI is InChI=1S/C7H7N5O2S2/c1-2-15-7-11-10-6(16-7)5-8-3-4(9-5)12(13)14/h3H,2H2,1H3,(H,8,9). The van der Waals surface area contributed by atoms with Gasteiger partial charge in [-0.05, 0) is 10.7 Å². The largest absolute Gasteiger partial charge is 0.358 e. The Morgan fingerprint density at radius 2 is 2.44 bits per heavy atom. The van der Waals surface area contributed by atoms with Crippen LogP contribution in [0.5, 0.6) is 0 Å². The molecule has 7 nitrogen and oxygen atoms in total. The maximum Gasteiger partial charge on any atom is 0.341 e. The van der Waals surface area contributed by atoms with Crippen LogP contribution in [-0.2, 0) is 0 Å². The average Bonchev–Trinajstić information content (AvgIpc) is 2.84. The van der Waals surface area contributed by atoms with Crippen molar-refractivity contribution < 1.29 is 4.92 Å². The summed E-state index contributed by atoms with van der Waals surface area (Å²) in [5, 5.41) is 18.9. The molecule has 0 unspecified atom stereocenters. The van der Waals surface area contributed by atoms with Crippen molar-refractivity contribution in [2.24, 2.45) is 0 Å². The topological polar surface area (TPSA) is 97.6 Å². The first kappa shape index (κ1) is 11.0. The van der Waals surface area contributed by atoms with E-state index >= 15 is 0 Å². The molecular formula is C7H7N5O2S2. The van der Waals surface area contributed by atoms with Crippen LogP contribution >= 0.6 is 23.1 Å². The minimum absolute atomic E-state index is 0.144. The van der Waals surface area contributed by atoms with Crippen molar-refractivity contribution in [1.82, 2.24) is 20.2 Å². The van der Waals surface area contributed by atoms with E-state index in [0.29, 0.717) is 10.8 Å². The molecule has 16 heavy (non-hydrogen) atoms. The van der Waals surface area contributed by atoms with Crippen LogP contribution < -0.4 is 0 Å². The zero-order valence-corrected chi connectivity index (χ0v) is 9.84. The van der Waals surface area contributed by atoms with Crippen LogP contribution in [0, 0.1) is 10.1 Å². The fourth-order valence-electron chi connectivity index (χ4n) is 1.00. The molecule has 2 heterocycles. The van der Waals surface area contributed by atoms with Gasteiger partial charge in [-0.25, -0.2) is 9.97 Å². The van der Waals surface area contributed by atoms with Crippen molar-refractivity contribution in [3.05, 3.63) is 16.3 Å². The molecule has 1 N–H and O–H groups in total. The normalized spacial score (nSPS) is 10.6. The fraction of sp³-hybridized carbons (Fsp3) is 0.286. The van der Waals surface area contributed by atoms with Crippen molar-refractivity contribution in [2.45, 2.75) is 11.3 Å². The van der Waals surface area contributed by atoms with Gasteiger partial charge in [0, 0.05) is 0 Å². The van der Waals surface area contributed by atoms with Crippen LogP contribution in [0.3, 0.4) is 0 Å². The number of hydrogen-bond acceptors (Lipinski definition) is 7. The Labute approximate surface area is 98.5 Å². The van der Waals surface area contributed by atoms with Gasteiger partial charge in [-0.1, -0.05) is 30.0 Å². The molecule has 0 radical (unpaired) electrons. The zero-order chi connectivity index (χ0) is 11.5. The molecule has 2 aromatic heterocycles. The van der Waals surface area contributed by atoms with Gasteiger partial charge in [-0.2, -0.15) is 0 Å². The first-order valence-corrected chi connectivity index (χ1v) is 6.17. The smallest absolute Gasteiger partial charge is 0.341 e. The Bertz CT molecular complexity index is 508. The highest BCUT2D eigenvalue weighted by molar-refractivity contribution is 8.01. The molecule has 0 amide bonds. The third kappa shape index (κ3) is 2.19. The lowest BCUT2D eigenvalue weighted by Crippen LogP contribution is -1.87. The van der Waals surface area contributed by atoms with E-state index in [9.17, 15) is 10.1 Å². The average molecular weight is 257 g/mol. The van der Waals surface area contributed by atoms with Gasteiger partial charge in [0.2, 0.25) is 5.01 Å². The quantitative estimate of drug-likeness (QED) is 0.510. The lowest BCUT2D eigenvalue weighted by molar-refractivity contribution is -0.389. The molecule has 0 aliphatic carbocycles. The summed E-state index contributed by atoms with van der Waals surface area (Å²) in [6.07, 6.45) is 1.17. The number of aromatic nitrogens is 4. The fourth-order valence-corrected chi connectivity index (χ4v) is 2.70. The van der Waals surface area contributed by atoms with Gasteiger partial charge in [0.15, 0.2) is 4.34 Å². The van der Waals surface area contributed by atoms with Crippen molar-refractivity contribution in [3.63, 3.8) is 0 Å². The van der Waals surface area contributed by atoms with E-state index in [0.717, 1.165) is 10.1 Å². The van der Waals surface area contributed by atoms with E-state index in [1.807, 2.05) is 6.92 Å². The molecule has 84 valence electrons. The summed E-state index contributed by atoms with van der Waals surface area (Å²) in [5.41, 5.74) is 0. The number of hydrogen-bond donors (Lipinski definition) is 1. The number of nitro groups is 1. The van der Waals surface area contributed by atoms with Crippen molar-refractivity contribution in [2.75, 3.05) is 5.75 Å². The van der Waals surface area contributed by atoms with Gasteiger partial charge in [0.05, 0.1) is 0 Å². The second kappa shape index (κ2) is 4.58. The van der Waals surface area contributed by atoms with Gasteiger partial charge in [0.1, 0.15) is 6.20 Å². The highest BCUT2D eigenvalue weighted by Crippen LogP contribution is 2.28. The van der Waals surface area contributed by atoms with Crippen LogP contribution in [0.25, 0.3) is 10.8 Å². The molecule has 2 rings (SSSR count). The molecule has 0 aromatic carbocycles. The van der Waals surface area contributed by atoms with Crippen molar-refractivity contribution >= 4 is 28.9 Å². The second-order valence-corrected chi connectivity index (χ2v) is 5.17. The molecule has 0 aliphatic rings. The maximum absolute atomic E-state index is 10.5. The van der Waals surface area contributed by atoms with Gasteiger partial charge in [-0.15, -0.1) is 10.2 Å². The molecular weight excluding hydrogens is 250 g/mol. The molecule has 0 bridgehead atoms. The van der Waals surface area contributed by atoms with Gasteiger partial charge >= 0.3 is 5.82 Å². The minimum Gasteiger partial charge on any atom is -0.358 e. The zero-order valence-electron chi connectivity index (χ0n) is 8.21. The number of nitrogens with zero attached hydrogens (tertiary/aromatic N) is 4. The Balaban J connectivity index is 2.24. The summed E-state index contributed by atoms with van der Waals surface area (Å²) >= 11 is 2.93. The second-order valence-electron chi connectivity index (χ2n) is 2.68. The third-order valence-electron chi connectivity index (χ3n) is 1.64. The van der Waals surface area contributed by atoms with E-state index in [4.69, 9.17) is 0 Å². The molecule has 0 fully saturated rings. The number of rotatable bonds is 4. The predicted molar refractivity (Wildman–Crippen MR) is 60.5 cm³/mol. The summed E-state index contributed by atoms with van der Waals surface area (Å²) in [7, 11) is 0. The van der Waals surface area contributed by atoms with Crippen LogP contribution in [-0.4, -0.2) is 30.8 Å². The van der Waals surface area contributed by atoms with Crippen LogP contribution in [0.4, 0.5) is 5.82 Å². The highest BCUT2D eigenvalue weighted by atomic mass is 32.2. The van der Waals surface area contributed by atoms with Gasteiger partial charge in [0.25, 0.3) is 5.82 Å². The summed E-state index contributed by atoms with van der Waals surface area (Å²) < 4.78 is 0.830. The summed E-state index contributed by atoms with van der Waals surface area (Å²) in [6.45, 7) is 2.02. The Morgan fingerprint density at radius 1 is 1.62 bits per heavy atom. The SMILES string of the molecule is CCSc1nnc(-c2ncc([N+](=O)[O-])[nH]2)s1. The Hall–Kier alpha value is -1.48. The monoisotopic (exact) mass is 257 g/mol. The minimum atomic E-state index is -0.529. The molecule has 0 atom stereocenters. The van der Waals surface area contributed by atoms with Crippen LogP contribution in [0.15, 0.2) is 10.5 Å². The molecule has 0 spiro atoms. The lowest BCUT2D eigenvalue weighted by Gasteiger charge is -1.85. The molecule has 2 aromatic rings. The summed E-state index contributed by atoms with van der Waals surface area (Å²) in [6, 6.07) is 0. The van der Waals surface area contributed by atoms with Crippen LogP contribution in [0.2, 0.25) is 0 Å². The first-order chi connectivity index (χ1) is 7.70. The number of H-pyrrole nitrogens is 1. The number of imidazole rings is 1. The summed E-state index contributed by atoms with van der Waals surface area (Å²) in [5.74, 6) is 1.15. The lowest BCUT2D eigenvalue weighted by atomic mass is 10.7. The van der Waals surface area contributed by atoms with E-state index in [-0.39, 0.29) is 5.82 Å². The van der Waals surface area contributed by atoms with Gasteiger partial charge in [-0.3, -0.25) is 0 Å². The Kier molecular flexibility index (Phi) is 3.15. The van der Waals surface area contributed by atoms with E-state index in [1.54, 1.807) is 11.8 Å². The molecule has 9 heteroatoms. The van der Waals surface area contributed by atoms with Crippen molar-refractivity contribution in [1.29, 1.82) is 0 Å². The summed E-state index contributed by atoms with van der Waals surface area (Å²) in [4.78, 5) is 16.4. The molecule has 0 saturated heterocycles. The molecule has 0 aliphatic heterocycles. The first-order valence-electron chi connectivity index (χ1n) is 4.36. The van der Waals surface area contributed by atoms with E-state index < -0.39 is 4.92 Å². The number of aromatic amines is 1. The van der Waals surface area contributed by atoms with E-state index in [2.05, 4.69) is 20.2 Å². The number of thioether (sulfide) groups is 1. The third-order valence-corrected chi connectivity index (χ3v) is 3.58. The maximum atomic E-state index is 10.5. The predicted octanol–water partition coefficient (Wildman–Crippen LogP) is 1.95. The van der Waals surface area contributed by atoms with Crippen molar-refractivity contribution in [3.8, 4) is 10.8 Å². The van der Waals surface area contributed by atoms with Crippen LogP contribution in [0.1, 0.15) is 6.92 Å². The molecule has 0 saturated carbocycles. The van der Waals surface area contributed by atoms with Gasteiger partial charge < -0.3 is 10.1 Å². The van der Waals surface area contributed by atoms with E-state index in [1.165, 1.54) is 17.5 Å². The highest BCUT2D eigenvalue weighted by Gasteiger charge is 2.16.